The highest BCUT2D eigenvalue weighted by atomic mass is 35.5. The first kappa shape index (κ1) is 16.5. The molecule has 0 heterocycles. The lowest BCUT2D eigenvalue weighted by atomic mass is 9.93. The van der Waals surface area contributed by atoms with Gasteiger partial charge in [-0.25, -0.2) is 0 Å². The number of nitrogens with one attached hydrogen (secondary N) is 1. The second kappa shape index (κ2) is 8.57. The number of rotatable bonds is 7. The molecule has 0 aliphatic carbocycles. The second-order valence-corrected chi connectivity index (χ2v) is 5.55. The van der Waals surface area contributed by atoms with E-state index in [1.807, 2.05) is 18.2 Å². The van der Waals surface area contributed by atoms with E-state index in [4.69, 9.17) is 11.6 Å². The van der Waals surface area contributed by atoms with Crippen molar-refractivity contribution in [3.05, 3.63) is 70.7 Å². The van der Waals surface area contributed by atoms with Crippen molar-refractivity contribution in [2.24, 2.45) is 0 Å². The van der Waals surface area contributed by atoms with Crippen LogP contribution in [0.1, 0.15) is 34.7 Å². The molecule has 4 heteroatoms. The van der Waals surface area contributed by atoms with Gasteiger partial charge in [-0.15, -0.1) is 0 Å². The molecule has 1 amide bonds. The van der Waals surface area contributed by atoms with E-state index in [0.717, 1.165) is 6.42 Å². The molecule has 0 aliphatic heterocycles. The number of aliphatic hydroxyl groups is 1. The molecule has 116 valence electrons. The molecule has 0 saturated heterocycles. The lowest BCUT2D eigenvalue weighted by molar-refractivity contribution is 0.0952. The standard InChI is InChI=1S/C18H20ClNO2/c19-17-9-5-4-8-16(17)18(22)20-12-10-15(11-13-21)14-6-2-1-3-7-14/h1-9,15,21H,10-13H2,(H,20,22)/t15-/m0/s1. The van der Waals surface area contributed by atoms with Gasteiger partial charge in [0.15, 0.2) is 0 Å². The molecular weight excluding hydrogens is 298 g/mol. The summed E-state index contributed by atoms with van der Waals surface area (Å²) in [6, 6.07) is 17.1. The van der Waals surface area contributed by atoms with Gasteiger partial charge in [-0.3, -0.25) is 4.79 Å². The maximum Gasteiger partial charge on any atom is 0.252 e. The number of carbonyl (C=O) groups excluding carboxylic acids is 1. The van der Waals surface area contributed by atoms with E-state index < -0.39 is 0 Å². The van der Waals surface area contributed by atoms with Crippen LogP contribution in [0.25, 0.3) is 0 Å². The second-order valence-electron chi connectivity index (χ2n) is 5.14. The van der Waals surface area contributed by atoms with Crippen molar-refractivity contribution >= 4 is 17.5 Å². The smallest absolute Gasteiger partial charge is 0.252 e. The van der Waals surface area contributed by atoms with Crippen molar-refractivity contribution in [1.82, 2.24) is 5.32 Å². The van der Waals surface area contributed by atoms with Crippen LogP contribution in [0.15, 0.2) is 54.6 Å². The van der Waals surface area contributed by atoms with Crippen molar-refractivity contribution in [3.63, 3.8) is 0 Å². The SMILES string of the molecule is O=C(NCC[C@@H](CCO)c1ccccc1)c1ccccc1Cl. The van der Waals surface area contributed by atoms with E-state index in [9.17, 15) is 9.90 Å². The fourth-order valence-corrected chi connectivity index (χ4v) is 2.68. The number of amides is 1. The zero-order valence-corrected chi connectivity index (χ0v) is 13.1. The average Bonchev–Trinajstić information content (AvgIpc) is 2.55. The number of hydrogen-bond donors (Lipinski definition) is 2. The van der Waals surface area contributed by atoms with Crippen LogP contribution in [0.4, 0.5) is 0 Å². The molecule has 0 saturated carbocycles. The highest BCUT2D eigenvalue weighted by molar-refractivity contribution is 6.33. The van der Waals surface area contributed by atoms with E-state index >= 15 is 0 Å². The summed E-state index contributed by atoms with van der Waals surface area (Å²) in [5.74, 6) is 0.0687. The first-order valence-corrected chi connectivity index (χ1v) is 7.78. The third kappa shape index (κ3) is 4.58. The summed E-state index contributed by atoms with van der Waals surface area (Å²) in [5, 5.41) is 12.6. The van der Waals surface area contributed by atoms with Gasteiger partial charge in [0.25, 0.3) is 5.91 Å². The van der Waals surface area contributed by atoms with Crippen LogP contribution in [-0.4, -0.2) is 24.2 Å². The molecule has 0 radical (unpaired) electrons. The minimum absolute atomic E-state index is 0.137. The average molecular weight is 318 g/mol. The molecule has 0 spiro atoms. The summed E-state index contributed by atoms with van der Waals surface area (Å²) in [6.45, 7) is 0.682. The maximum absolute atomic E-state index is 12.1. The van der Waals surface area contributed by atoms with E-state index in [2.05, 4.69) is 17.4 Å². The number of aliphatic hydroxyl groups excluding tert-OH is 1. The van der Waals surface area contributed by atoms with Crippen molar-refractivity contribution < 1.29 is 9.90 Å². The molecule has 22 heavy (non-hydrogen) atoms. The Morgan fingerprint density at radius 3 is 2.41 bits per heavy atom. The van der Waals surface area contributed by atoms with Gasteiger partial charge in [-0.05, 0) is 36.5 Å². The van der Waals surface area contributed by atoms with Crippen molar-refractivity contribution in [2.75, 3.05) is 13.2 Å². The van der Waals surface area contributed by atoms with E-state index in [0.29, 0.717) is 23.6 Å². The zero-order valence-electron chi connectivity index (χ0n) is 12.3. The van der Waals surface area contributed by atoms with Gasteiger partial charge in [0.2, 0.25) is 0 Å². The first-order chi connectivity index (χ1) is 10.7. The zero-order chi connectivity index (χ0) is 15.8. The van der Waals surface area contributed by atoms with Gasteiger partial charge < -0.3 is 10.4 Å². The van der Waals surface area contributed by atoms with Gasteiger partial charge in [-0.2, -0.15) is 0 Å². The molecule has 1 atom stereocenters. The number of carbonyl (C=O) groups is 1. The molecule has 0 bridgehead atoms. The Balaban J connectivity index is 1.91. The molecule has 0 aliphatic rings. The Kier molecular flexibility index (Phi) is 6.44. The van der Waals surface area contributed by atoms with Crippen molar-refractivity contribution in [2.45, 2.75) is 18.8 Å². The highest BCUT2D eigenvalue weighted by Gasteiger charge is 2.13. The summed E-state index contributed by atoms with van der Waals surface area (Å²) in [7, 11) is 0. The number of benzene rings is 2. The van der Waals surface area contributed by atoms with Gasteiger partial charge in [0.1, 0.15) is 0 Å². The maximum atomic E-state index is 12.1. The normalized spacial score (nSPS) is 11.9. The lowest BCUT2D eigenvalue weighted by Gasteiger charge is -2.16. The fraction of sp³-hybridized carbons (Fsp3) is 0.278. The Morgan fingerprint density at radius 2 is 1.73 bits per heavy atom. The molecule has 3 nitrogen and oxygen atoms in total. The predicted molar refractivity (Wildman–Crippen MR) is 89.3 cm³/mol. The Labute approximate surface area is 135 Å². The largest absolute Gasteiger partial charge is 0.396 e. The fourth-order valence-electron chi connectivity index (χ4n) is 2.46. The highest BCUT2D eigenvalue weighted by Crippen LogP contribution is 2.22. The van der Waals surface area contributed by atoms with Crippen LogP contribution in [0.2, 0.25) is 5.02 Å². The van der Waals surface area contributed by atoms with Gasteiger partial charge >= 0.3 is 0 Å². The Bertz CT molecular complexity index is 601. The van der Waals surface area contributed by atoms with Crippen LogP contribution in [-0.2, 0) is 0 Å². The quantitative estimate of drug-likeness (QED) is 0.819. The summed E-state index contributed by atoms with van der Waals surface area (Å²) in [5.41, 5.74) is 1.67. The lowest BCUT2D eigenvalue weighted by Crippen LogP contribution is -2.26. The number of hydrogen-bond acceptors (Lipinski definition) is 2. The number of halogens is 1. The van der Waals surface area contributed by atoms with E-state index in [-0.39, 0.29) is 18.4 Å². The molecule has 0 fully saturated rings. The van der Waals surface area contributed by atoms with E-state index in [1.54, 1.807) is 24.3 Å². The molecule has 0 unspecified atom stereocenters. The van der Waals surface area contributed by atoms with Crippen molar-refractivity contribution in [1.29, 1.82) is 0 Å². The van der Waals surface area contributed by atoms with Gasteiger partial charge in [-0.1, -0.05) is 54.1 Å². The van der Waals surface area contributed by atoms with Crippen LogP contribution in [0.3, 0.4) is 0 Å². The molecule has 2 rings (SSSR count). The summed E-state index contributed by atoms with van der Waals surface area (Å²) in [6.07, 6.45) is 1.47. The molecule has 0 aromatic heterocycles. The third-order valence-corrected chi connectivity index (χ3v) is 3.97. The summed E-state index contributed by atoms with van der Waals surface area (Å²) < 4.78 is 0. The van der Waals surface area contributed by atoms with Crippen LogP contribution < -0.4 is 5.32 Å². The van der Waals surface area contributed by atoms with Gasteiger partial charge in [0.05, 0.1) is 10.6 Å². The topological polar surface area (TPSA) is 49.3 Å². The monoisotopic (exact) mass is 317 g/mol. The Hall–Kier alpha value is -1.84. The first-order valence-electron chi connectivity index (χ1n) is 7.41. The molecule has 2 aromatic carbocycles. The van der Waals surface area contributed by atoms with Crippen LogP contribution >= 0.6 is 11.6 Å². The molecule has 2 aromatic rings. The molecule has 2 N–H and O–H groups in total. The third-order valence-electron chi connectivity index (χ3n) is 3.65. The Morgan fingerprint density at radius 1 is 1.05 bits per heavy atom. The van der Waals surface area contributed by atoms with E-state index in [1.165, 1.54) is 5.56 Å². The summed E-state index contributed by atoms with van der Waals surface area (Å²) >= 11 is 6.01. The van der Waals surface area contributed by atoms with Crippen molar-refractivity contribution in [3.8, 4) is 0 Å². The molecular formula is C18H20ClNO2. The predicted octanol–water partition coefficient (Wildman–Crippen LogP) is 3.63. The minimum atomic E-state index is -0.165. The minimum Gasteiger partial charge on any atom is -0.396 e. The van der Waals surface area contributed by atoms with Gasteiger partial charge in [0, 0.05) is 13.2 Å². The van der Waals surface area contributed by atoms with Crippen LogP contribution in [0.5, 0.6) is 0 Å². The summed E-state index contributed by atoms with van der Waals surface area (Å²) in [4.78, 5) is 12.1. The van der Waals surface area contributed by atoms with Crippen LogP contribution in [0, 0.1) is 0 Å².